The first-order valence-corrected chi connectivity index (χ1v) is 5.43. The normalized spacial score (nSPS) is 11.2. The third-order valence-electron chi connectivity index (χ3n) is 2.03. The molecule has 0 amide bonds. The van der Waals surface area contributed by atoms with Crippen LogP contribution in [0.1, 0.15) is 19.7 Å². The van der Waals surface area contributed by atoms with E-state index in [1.165, 1.54) is 0 Å². The average Bonchev–Trinajstić information content (AvgIpc) is 2.51. The number of aromatic nitrogens is 3. The van der Waals surface area contributed by atoms with Crippen molar-refractivity contribution in [2.24, 2.45) is 7.05 Å². The van der Waals surface area contributed by atoms with Gasteiger partial charge in [0.2, 0.25) is 0 Å². The highest BCUT2D eigenvalue weighted by molar-refractivity contribution is 7.71. The molecule has 0 atom stereocenters. The molecule has 0 aliphatic rings. The van der Waals surface area contributed by atoms with Crippen molar-refractivity contribution < 1.29 is 9.47 Å². The van der Waals surface area contributed by atoms with Gasteiger partial charge in [-0.15, -0.1) is 0 Å². The van der Waals surface area contributed by atoms with E-state index < -0.39 is 0 Å². The zero-order valence-corrected chi connectivity index (χ0v) is 10.1. The van der Waals surface area contributed by atoms with Gasteiger partial charge < -0.3 is 14.0 Å². The van der Waals surface area contributed by atoms with Gasteiger partial charge in [-0.05, 0) is 26.1 Å². The van der Waals surface area contributed by atoms with Crippen molar-refractivity contribution in [3.8, 4) is 0 Å². The zero-order chi connectivity index (χ0) is 11.3. The summed E-state index contributed by atoms with van der Waals surface area (Å²) in [4.78, 5) is 0. The molecule has 0 aromatic carbocycles. The summed E-state index contributed by atoms with van der Waals surface area (Å²) in [7, 11) is 1.87. The van der Waals surface area contributed by atoms with Crippen LogP contribution in [-0.2, 0) is 22.9 Å². The minimum absolute atomic E-state index is 0.246. The number of nitrogens with one attached hydrogen (secondary N) is 1. The first-order valence-electron chi connectivity index (χ1n) is 5.02. The van der Waals surface area contributed by atoms with E-state index in [4.69, 9.17) is 21.7 Å². The molecule has 0 aliphatic heterocycles. The first kappa shape index (κ1) is 12.4. The predicted octanol–water partition coefficient (Wildman–Crippen LogP) is 1.42. The van der Waals surface area contributed by atoms with Crippen LogP contribution in [0.5, 0.6) is 0 Å². The lowest BCUT2D eigenvalue weighted by atomic mass is 10.4. The Morgan fingerprint density at radius 1 is 1.40 bits per heavy atom. The molecule has 1 rings (SSSR count). The summed E-state index contributed by atoms with van der Waals surface area (Å²) < 4.78 is 13.3. The second-order valence-corrected chi connectivity index (χ2v) is 3.44. The summed E-state index contributed by atoms with van der Waals surface area (Å²) in [5.41, 5.74) is 0. The van der Waals surface area contributed by atoms with Crippen LogP contribution in [0.4, 0.5) is 0 Å². The number of ether oxygens (including phenoxy) is 2. The number of rotatable bonds is 6. The molecule has 6 heteroatoms. The van der Waals surface area contributed by atoms with Crippen molar-refractivity contribution in [1.82, 2.24) is 14.8 Å². The fraction of sp³-hybridized carbons (Fsp3) is 0.778. The third-order valence-corrected chi connectivity index (χ3v) is 2.39. The van der Waals surface area contributed by atoms with Gasteiger partial charge in [0.1, 0.15) is 5.82 Å². The highest BCUT2D eigenvalue weighted by Crippen LogP contribution is 2.04. The fourth-order valence-corrected chi connectivity index (χ4v) is 1.40. The van der Waals surface area contributed by atoms with Crippen molar-refractivity contribution in [2.45, 2.75) is 26.6 Å². The molecular formula is C9H17N3O2S. The average molecular weight is 231 g/mol. The minimum atomic E-state index is -0.246. The maximum Gasteiger partial charge on any atom is 0.194 e. The molecule has 0 unspecified atom stereocenters. The van der Waals surface area contributed by atoms with Crippen molar-refractivity contribution in [1.29, 1.82) is 0 Å². The smallest absolute Gasteiger partial charge is 0.194 e. The number of nitrogens with zero attached hydrogens (tertiary/aromatic N) is 2. The largest absolute Gasteiger partial charge is 0.352 e. The summed E-state index contributed by atoms with van der Waals surface area (Å²) in [6.07, 6.45) is 0.356. The summed E-state index contributed by atoms with van der Waals surface area (Å²) in [5, 5.41) is 6.84. The molecule has 5 nitrogen and oxygen atoms in total. The molecule has 1 aromatic heterocycles. The Morgan fingerprint density at radius 2 is 2.00 bits per heavy atom. The van der Waals surface area contributed by atoms with Crippen LogP contribution in [0.15, 0.2) is 0 Å². The van der Waals surface area contributed by atoms with Crippen molar-refractivity contribution in [2.75, 3.05) is 13.2 Å². The van der Waals surface area contributed by atoms with E-state index in [1.807, 2.05) is 25.5 Å². The molecule has 0 saturated heterocycles. The third kappa shape index (κ3) is 3.40. The molecule has 1 N–H and O–H groups in total. The van der Waals surface area contributed by atoms with E-state index in [1.54, 1.807) is 0 Å². The summed E-state index contributed by atoms with van der Waals surface area (Å²) in [6.45, 7) is 5.13. The van der Waals surface area contributed by atoms with Gasteiger partial charge >= 0.3 is 0 Å². The van der Waals surface area contributed by atoms with Gasteiger partial charge in [0.15, 0.2) is 11.1 Å². The Balaban J connectivity index is 2.64. The number of aromatic amines is 1. The molecule has 86 valence electrons. The van der Waals surface area contributed by atoms with Crippen LogP contribution in [0.25, 0.3) is 0 Å². The highest BCUT2D eigenvalue weighted by Gasteiger charge is 2.12. The van der Waals surface area contributed by atoms with Gasteiger partial charge in [-0.2, -0.15) is 5.10 Å². The highest BCUT2D eigenvalue weighted by atomic mass is 32.1. The van der Waals surface area contributed by atoms with E-state index in [9.17, 15) is 0 Å². The summed E-state index contributed by atoms with van der Waals surface area (Å²) in [6, 6.07) is 0. The number of H-pyrrole nitrogens is 1. The Labute approximate surface area is 94.4 Å². The molecule has 1 heterocycles. The molecule has 0 spiro atoms. The Bertz CT molecular complexity index is 341. The lowest BCUT2D eigenvalue weighted by Crippen LogP contribution is -2.22. The van der Waals surface area contributed by atoms with Gasteiger partial charge in [0.25, 0.3) is 0 Å². The number of hydrogen-bond acceptors (Lipinski definition) is 4. The molecule has 1 aromatic rings. The van der Waals surface area contributed by atoms with Gasteiger partial charge in [-0.3, -0.25) is 5.10 Å². The van der Waals surface area contributed by atoms with Crippen LogP contribution in [-0.4, -0.2) is 34.3 Å². The fourth-order valence-electron chi connectivity index (χ4n) is 1.25. The zero-order valence-electron chi connectivity index (χ0n) is 9.32. The molecule has 0 aliphatic carbocycles. The van der Waals surface area contributed by atoms with Crippen molar-refractivity contribution >= 4 is 12.2 Å². The maximum atomic E-state index is 5.43. The van der Waals surface area contributed by atoms with Crippen LogP contribution in [0.3, 0.4) is 0 Å². The second kappa shape index (κ2) is 5.99. The lowest BCUT2D eigenvalue weighted by molar-refractivity contribution is -0.135. The Morgan fingerprint density at radius 3 is 2.40 bits per heavy atom. The van der Waals surface area contributed by atoms with Crippen LogP contribution in [0, 0.1) is 4.77 Å². The quantitative estimate of drug-likeness (QED) is 0.594. The van der Waals surface area contributed by atoms with Gasteiger partial charge in [-0.25, -0.2) is 0 Å². The Kier molecular flexibility index (Phi) is 4.93. The SMILES string of the molecule is CCOC(Cc1n[nH]c(=S)n1C)OCC. The monoisotopic (exact) mass is 231 g/mol. The van der Waals surface area contributed by atoms with Crippen molar-refractivity contribution in [3.63, 3.8) is 0 Å². The molecule has 0 fully saturated rings. The first-order chi connectivity index (χ1) is 7.19. The summed E-state index contributed by atoms with van der Waals surface area (Å²) in [5.74, 6) is 0.840. The molecule has 15 heavy (non-hydrogen) atoms. The van der Waals surface area contributed by atoms with E-state index in [-0.39, 0.29) is 6.29 Å². The van der Waals surface area contributed by atoms with Gasteiger partial charge in [0, 0.05) is 20.3 Å². The van der Waals surface area contributed by atoms with Crippen molar-refractivity contribution in [3.05, 3.63) is 10.6 Å². The van der Waals surface area contributed by atoms with Gasteiger partial charge in [-0.1, -0.05) is 0 Å². The van der Waals surface area contributed by atoms with E-state index in [2.05, 4.69) is 10.2 Å². The van der Waals surface area contributed by atoms with Crippen LogP contribution < -0.4 is 0 Å². The standard InChI is InChI=1S/C9H17N3O2S/c1-4-13-8(14-5-2)6-7-10-11-9(15)12(7)3/h8H,4-6H2,1-3H3,(H,11,15). The Hall–Kier alpha value is -0.720. The molecule has 0 saturated carbocycles. The molecular weight excluding hydrogens is 214 g/mol. The minimum Gasteiger partial charge on any atom is -0.352 e. The lowest BCUT2D eigenvalue weighted by Gasteiger charge is -2.15. The van der Waals surface area contributed by atoms with Crippen LogP contribution >= 0.6 is 12.2 Å². The number of hydrogen-bond donors (Lipinski definition) is 1. The van der Waals surface area contributed by atoms with Gasteiger partial charge in [0.05, 0.1) is 6.42 Å². The summed E-state index contributed by atoms with van der Waals surface area (Å²) >= 11 is 5.02. The maximum absolute atomic E-state index is 5.43. The molecule has 0 bridgehead atoms. The van der Waals surface area contributed by atoms with E-state index in [0.717, 1.165) is 5.82 Å². The van der Waals surface area contributed by atoms with E-state index >= 15 is 0 Å². The van der Waals surface area contributed by atoms with E-state index in [0.29, 0.717) is 24.4 Å². The predicted molar refractivity (Wildman–Crippen MR) is 59.1 cm³/mol. The molecule has 0 radical (unpaired) electrons. The van der Waals surface area contributed by atoms with Crippen LogP contribution in [0.2, 0.25) is 0 Å². The second-order valence-electron chi connectivity index (χ2n) is 3.05. The topological polar surface area (TPSA) is 52.1 Å².